The Morgan fingerprint density at radius 2 is 1.79 bits per heavy atom. The summed E-state index contributed by atoms with van der Waals surface area (Å²) in [7, 11) is 0. The Morgan fingerprint density at radius 1 is 1.15 bits per heavy atom. The monoisotopic (exact) mass is 593 g/mol. The van der Waals surface area contributed by atoms with Gasteiger partial charge in [-0.15, -0.1) is 24.8 Å². The van der Waals surface area contributed by atoms with E-state index in [0.717, 1.165) is 48.3 Å². The number of nitrogen functional groups attached to an aromatic ring is 1. The molecule has 0 aliphatic carbocycles. The fourth-order valence-electron chi connectivity index (χ4n) is 4.51. The average Bonchev–Trinajstić information content (AvgIpc) is 3.30. The number of ether oxygens (including phenoxy) is 1. The summed E-state index contributed by atoms with van der Waals surface area (Å²) in [5.41, 5.74) is 8.67. The smallest absolute Gasteiger partial charge is 0.240 e. The Morgan fingerprint density at radius 3 is 2.36 bits per heavy atom. The van der Waals surface area contributed by atoms with Gasteiger partial charge in [0.25, 0.3) is 0 Å². The highest BCUT2D eigenvalue weighted by atomic mass is 35.5. The largest absolute Gasteiger partial charge is 0.490 e. The average molecular weight is 595 g/mol. The minimum absolute atomic E-state index is 0. The number of amides is 1. The molecule has 1 amide bonds. The molecule has 0 spiro atoms. The van der Waals surface area contributed by atoms with Crippen LogP contribution in [0, 0.1) is 10.8 Å². The summed E-state index contributed by atoms with van der Waals surface area (Å²) in [6, 6.07) is 13.2. The molecule has 1 aromatic heterocycles. The predicted molar refractivity (Wildman–Crippen MR) is 163 cm³/mol. The molecular formula is C27H37Cl2N7O2S. The van der Waals surface area contributed by atoms with Gasteiger partial charge in [-0.25, -0.2) is 4.98 Å². The third-order valence-electron chi connectivity index (χ3n) is 6.70. The van der Waals surface area contributed by atoms with Crippen LogP contribution in [0.15, 0.2) is 47.6 Å². The van der Waals surface area contributed by atoms with Crippen molar-refractivity contribution in [2.24, 2.45) is 5.73 Å². The molecular weight excluding hydrogens is 557 g/mol. The van der Waals surface area contributed by atoms with E-state index in [4.69, 9.17) is 21.3 Å². The second kappa shape index (κ2) is 14.4. The van der Waals surface area contributed by atoms with E-state index in [2.05, 4.69) is 14.9 Å². The number of aromatic nitrogens is 2. The number of H-pyrrole nitrogens is 1. The summed E-state index contributed by atoms with van der Waals surface area (Å²) >= 11 is 1.38. The van der Waals surface area contributed by atoms with Crippen LogP contribution in [0.25, 0.3) is 11.0 Å². The van der Waals surface area contributed by atoms with Crippen molar-refractivity contribution < 1.29 is 9.53 Å². The van der Waals surface area contributed by atoms with Gasteiger partial charge in [0.05, 0.1) is 16.9 Å². The molecule has 0 saturated carbocycles. The fraction of sp³-hybridized carbons (Fsp3) is 0.407. The Labute approximate surface area is 246 Å². The van der Waals surface area contributed by atoms with E-state index in [-0.39, 0.29) is 42.7 Å². The number of likely N-dealkylation sites (tertiary alicyclic amines) is 1. The van der Waals surface area contributed by atoms with Gasteiger partial charge in [0, 0.05) is 44.6 Å². The summed E-state index contributed by atoms with van der Waals surface area (Å²) < 4.78 is 6.21. The van der Waals surface area contributed by atoms with Gasteiger partial charge in [0.2, 0.25) is 5.91 Å². The minimum Gasteiger partial charge on any atom is -0.490 e. The van der Waals surface area contributed by atoms with Crippen molar-refractivity contribution in [3.8, 4) is 5.75 Å². The number of nitrogens with two attached hydrogens (primary N) is 1. The predicted octanol–water partition coefficient (Wildman–Crippen LogP) is 5.23. The SMILES string of the molecule is CCN(CC)C(=O)C(Sc1nc2ccc(C(=N)N)cc2[nH]1)c1ccc(OC2CCN(C(C)=N)CC2)cc1.Cl.Cl. The lowest BCUT2D eigenvalue weighted by molar-refractivity contribution is -0.130. The highest BCUT2D eigenvalue weighted by Crippen LogP contribution is 2.37. The minimum atomic E-state index is -0.472. The molecule has 2 heterocycles. The van der Waals surface area contributed by atoms with Crippen molar-refractivity contribution in [1.82, 2.24) is 19.8 Å². The molecule has 5 N–H and O–H groups in total. The molecule has 39 heavy (non-hydrogen) atoms. The molecule has 9 nitrogen and oxygen atoms in total. The first-order chi connectivity index (χ1) is 17.8. The van der Waals surface area contributed by atoms with Gasteiger partial charge in [-0.2, -0.15) is 0 Å². The topological polar surface area (TPSA) is 135 Å². The first kappa shape index (κ1) is 32.3. The molecule has 212 valence electrons. The number of carbonyl (C=O) groups excluding carboxylic acids is 1. The Hall–Kier alpha value is -2.95. The number of thioether (sulfide) groups is 1. The summed E-state index contributed by atoms with van der Waals surface area (Å²) in [5, 5.41) is 15.6. The van der Waals surface area contributed by atoms with Crippen LogP contribution in [0.5, 0.6) is 5.75 Å². The number of amidine groups is 2. The third kappa shape index (κ3) is 7.80. The number of imidazole rings is 1. The summed E-state index contributed by atoms with van der Waals surface area (Å²) in [6.45, 7) is 8.71. The van der Waals surface area contributed by atoms with Crippen molar-refractivity contribution in [1.29, 1.82) is 10.8 Å². The Balaban J connectivity index is 0.00000267. The molecule has 2 aromatic carbocycles. The van der Waals surface area contributed by atoms with Crippen molar-refractivity contribution in [2.45, 2.75) is 50.1 Å². The molecule has 1 aliphatic rings. The zero-order valence-electron chi connectivity index (χ0n) is 22.4. The molecule has 0 bridgehead atoms. The van der Waals surface area contributed by atoms with Gasteiger partial charge < -0.3 is 25.3 Å². The number of likely N-dealkylation sites (N-methyl/N-ethyl adjacent to an activating group) is 1. The highest BCUT2D eigenvalue weighted by molar-refractivity contribution is 8.00. The second-order valence-corrected chi connectivity index (χ2v) is 10.2. The van der Waals surface area contributed by atoms with Crippen LogP contribution in [0.2, 0.25) is 0 Å². The summed E-state index contributed by atoms with van der Waals surface area (Å²) in [5.74, 6) is 1.42. The van der Waals surface area contributed by atoms with Crippen LogP contribution >= 0.6 is 36.6 Å². The van der Waals surface area contributed by atoms with Crippen molar-refractivity contribution in [2.75, 3.05) is 26.2 Å². The number of piperidine rings is 1. The van der Waals surface area contributed by atoms with E-state index in [9.17, 15) is 4.79 Å². The molecule has 0 radical (unpaired) electrons. The first-order valence-corrected chi connectivity index (χ1v) is 13.5. The van der Waals surface area contributed by atoms with Gasteiger partial charge in [-0.05, 0) is 56.7 Å². The normalized spacial score (nSPS) is 14.2. The number of fused-ring (bicyclic) bond motifs is 1. The number of nitrogens with zero attached hydrogens (tertiary/aromatic N) is 3. The molecule has 1 atom stereocenters. The highest BCUT2D eigenvalue weighted by Gasteiger charge is 2.27. The zero-order chi connectivity index (χ0) is 26.5. The molecule has 3 aromatic rings. The van der Waals surface area contributed by atoms with Crippen LogP contribution < -0.4 is 10.5 Å². The first-order valence-electron chi connectivity index (χ1n) is 12.6. The number of hydrogen-bond acceptors (Lipinski definition) is 6. The van der Waals surface area contributed by atoms with E-state index in [1.54, 1.807) is 12.1 Å². The van der Waals surface area contributed by atoms with Gasteiger partial charge >= 0.3 is 0 Å². The number of aromatic amines is 1. The van der Waals surface area contributed by atoms with Crippen LogP contribution in [0.3, 0.4) is 0 Å². The summed E-state index contributed by atoms with van der Waals surface area (Å²) in [4.78, 5) is 25.4. The number of hydrogen-bond donors (Lipinski definition) is 4. The van der Waals surface area contributed by atoms with Crippen LogP contribution in [0.1, 0.15) is 50.0 Å². The molecule has 4 rings (SSSR count). The van der Waals surface area contributed by atoms with Gasteiger partial charge in [-0.3, -0.25) is 15.6 Å². The zero-order valence-corrected chi connectivity index (χ0v) is 24.8. The van der Waals surface area contributed by atoms with Crippen molar-refractivity contribution in [3.05, 3.63) is 53.6 Å². The van der Waals surface area contributed by atoms with E-state index in [0.29, 0.717) is 29.6 Å². The number of carbonyl (C=O) groups is 1. The third-order valence-corrected chi connectivity index (χ3v) is 7.83. The van der Waals surface area contributed by atoms with E-state index in [1.807, 2.05) is 56.0 Å². The number of halogens is 2. The quantitative estimate of drug-likeness (QED) is 0.152. The van der Waals surface area contributed by atoms with Crippen LogP contribution in [-0.4, -0.2) is 69.6 Å². The number of nitrogens with one attached hydrogen (secondary N) is 3. The molecule has 1 saturated heterocycles. The van der Waals surface area contributed by atoms with E-state index >= 15 is 0 Å². The molecule has 1 aliphatic heterocycles. The van der Waals surface area contributed by atoms with Crippen LogP contribution in [0.4, 0.5) is 0 Å². The Bertz CT molecular complexity index is 1270. The van der Waals surface area contributed by atoms with Gasteiger partial charge in [-0.1, -0.05) is 23.9 Å². The van der Waals surface area contributed by atoms with Gasteiger partial charge in [0.15, 0.2) is 5.16 Å². The maximum atomic E-state index is 13.5. The maximum Gasteiger partial charge on any atom is 0.240 e. The van der Waals surface area contributed by atoms with E-state index < -0.39 is 5.25 Å². The van der Waals surface area contributed by atoms with Crippen molar-refractivity contribution >= 4 is 65.2 Å². The maximum absolute atomic E-state index is 13.5. The van der Waals surface area contributed by atoms with E-state index in [1.165, 1.54) is 11.8 Å². The molecule has 1 fully saturated rings. The standard InChI is InChI=1S/C27H35N7O2S.2ClH/c1-4-33(5-2)26(35)24(37-27-31-22-11-8-19(25(29)30)16-23(22)32-27)18-6-9-20(10-7-18)36-21-12-14-34(15-13-21)17(3)28;;/h6-11,16,21,24,28H,4-5,12-15H2,1-3H3,(H3,29,30)(H,31,32);2*1H. The lowest BCUT2D eigenvalue weighted by Crippen LogP contribution is -2.40. The molecule has 1 unspecified atom stereocenters. The second-order valence-electron chi connectivity index (χ2n) is 9.15. The fourth-order valence-corrected chi connectivity index (χ4v) is 5.59. The number of rotatable bonds is 9. The molecule has 12 heteroatoms. The van der Waals surface area contributed by atoms with Crippen LogP contribution in [-0.2, 0) is 4.79 Å². The van der Waals surface area contributed by atoms with Crippen molar-refractivity contribution in [3.63, 3.8) is 0 Å². The lowest BCUT2D eigenvalue weighted by Gasteiger charge is -2.32. The summed E-state index contributed by atoms with van der Waals surface area (Å²) in [6.07, 6.45) is 1.89. The Kier molecular flexibility index (Phi) is 11.9. The lowest BCUT2D eigenvalue weighted by atomic mass is 10.1. The number of benzene rings is 2. The van der Waals surface area contributed by atoms with Gasteiger partial charge in [0.1, 0.15) is 22.9 Å².